The van der Waals surface area contributed by atoms with Crippen molar-refractivity contribution in [3.8, 4) is 63.9 Å². The number of ether oxygens (including phenoxy) is 7. The molecule has 0 N–H and O–H groups in total. The minimum Gasteiger partial charge on any atom is -0.493 e. The van der Waals surface area contributed by atoms with Crippen LogP contribution < -0.4 is 38.1 Å². The Morgan fingerprint density at radius 2 is 0.780 bits per heavy atom. The van der Waals surface area contributed by atoms with Gasteiger partial charge in [-0.3, -0.25) is 4.21 Å². The largest absolute Gasteiger partial charge is 0.493 e. The van der Waals surface area contributed by atoms with E-state index in [1.54, 1.807) is 24.3 Å². The van der Waals surface area contributed by atoms with Crippen molar-refractivity contribution in [3.63, 3.8) is 0 Å². The van der Waals surface area contributed by atoms with Gasteiger partial charge in [-0.05, 0) is 296 Å². The molecule has 7 aromatic rings. The van der Waals surface area contributed by atoms with Gasteiger partial charge in [-0.2, -0.15) is 0 Å². The van der Waals surface area contributed by atoms with E-state index in [0.29, 0.717) is 47.2 Å². The highest BCUT2D eigenvalue weighted by molar-refractivity contribution is 7.99. The molecule has 7 fully saturated rings. The lowest BCUT2D eigenvalue weighted by Gasteiger charge is -2.23. The number of thioether (sulfide) groups is 1. The van der Waals surface area contributed by atoms with Crippen molar-refractivity contribution in [3.05, 3.63) is 192 Å². The van der Waals surface area contributed by atoms with Crippen LogP contribution in [-0.2, 0) is 20.6 Å². The lowest BCUT2D eigenvalue weighted by Crippen LogP contribution is -2.18. The first-order valence-corrected chi connectivity index (χ1v) is 56.0. The fraction of sp³-hybridized carbons (Fsp3) is 0.590. The first-order valence-electron chi connectivity index (χ1n) is 52.0. The van der Waals surface area contributed by atoms with Crippen LogP contribution in [0.1, 0.15) is 341 Å². The number of nitrogens with zero attached hydrogens (tertiary/aromatic N) is 1. The number of anilines is 1. The molecule has 7 saturated carbocycles. The molecule has 0 saturated heterocycles. The maximum Gasteiger partial charge on any atom is 0.178 e. The zero-order valence-corrected chi connectivity index (χ0v) is 85.1. The van der Waals surface area contributed by atoms with Crippen LogP contribution in [0.15, 0.2) is 185 Å². The summed E-state index contributed by atoms with van der Waals surface area (Å²) in [7, 11) is -1.90. The molecule has 14 rings (SSSR count). The summed E-state index contributed by atoms with van der Waals surface area (Å²) in [5, 5.41) is 0. The number of halogens is 1. The van der Waals surface area contributed by atoms with E-state index >= 15 is 0 Å². The zero-order chi connectivity index (χ0) is 93.5. The van der Waals surface area contributed by atoms with Crippen molar-refractivity contribution in [2.75, 3.05) is 82.0 Å². The molecule has 0 radical (unpaired) electrons. The first-order chi connectivity index (χ1) is 64.6. The topological polar surface area (TPSA) is 119 Å². The molecule has 0 heterocycles. The van der Waals surface area contributed by atoms with E-state index in [-0.39, 0.29) is 11.6 Å². The molecule has 15 heteroatoms. The molecule has 11 nitrogen and oxygen atoms in total. The molecule has 132 heavy (non-hydrogen) atoms. The molecule has 0 amide bonds. The highest BCUT2D eigenvalue weighted by Crippen LogP contribution is 2.34. The second-order valence-electron chi connectivity index (χ2n) is 37.6. The molecule has 7 aromatic carbocycles. The van der Waals surface area contributed by atoms with Gasteiger partial charge < -0.3 is 38.1 Å². The Morgan fingerprint density at radius 3 is 1.19 bits per heavy atom. The Labute approximate surface area is 807 Å². The van der Waals surface area contributed by atoms with Gasteiger partial charge in [0.15, 0.2) is 9.84 Å². The number of allylic oxidation sites excluding steroid dienone is 1. The summed E-state index contributed by atoms with van der Waals surface area (Å²) in [5.41, 5.74) is 4.25. The molecule has 0 spiro atoms. The van der Waals surface area contributed by atoms with Crippen LogP contribution in [-0.4, -0.2) is 89.7 Å². The molecule has 7 aliphatic carbocycles. The monoisotopic (exact) mass is 1860 g/mol. The summed E-state index contributed by atoms with van der Waals surface area (Å²) in [6.45, 7) is 21.5. The Hall–Kier alpha value is -7.82. The fourth-order valence-electron chi connectivity index (χ4n) is 18.1. The van der Waals surface area contributed by atoms with Crippen LogP contribution in [0.3, 0.4) is 0 Å². The van der Waals surface area contributed by atoms with Crippen molar-refractivity contribution in [2.45, 2.75) is 339 Å². The summed E-state index contributed by atoms with van der Waals surface area (Å²) < 4.78 is 90.7. The second kappa shape index (κ2) is 67.4. The van der Waals surface area contributed by atoms with E-state index in [9.17, 15) is 17.0 Å². The van der Waals surface area contributed by atoms with Crippen LogP contribution in [0.2, 0.25) is 0 Å². The maximum absolute atomic E-state index is 13.5. The average molecular weight is 1860 g/mol. The Morgan fingerprint density at radius 1 is 0.394 bits per heavy atom. The van der Waals surface area contributed by atoms with Crippen molar-refractivity contribution < 1.29 is 50.2 Å². The summed E-state index contributed by atoms with van der Waals surface area (Å²) in [6.07, 6.45) is 58.7. The molecule has 7 aliphatic rings. The number of hydrogen-bond acceptors (Lipinski definition) is 12. The standard InChI is InChI=1S/C18H24O.C17H23FO.C17H27NO.C17H22O.C16H24O3S.C16H24O2S.C16H24OS/c1-2-3-5-9-16-12-8-13-18(14-16)19-15-17-10-6-4-7-11-17;1-2-3-7-15-10-16(18)12-17(11-15)19-13-14-8-5-4-6-9-14;1-3-12-18(2)16-10-7-11-17(13-16)19-14-15-8-5-4-6-9-15;1-2-3-8-15-11-7-12-17(13-15)18-14-16-9-5-4-6-10-16;1-2-11-20(17,18)16-10-6-9-15(12-16)19-13-14-7-4-3-5-8-14;1-2-11-19(17)16-10-6-9-15(12-16)18-13-14-7-4-3-5-8-14;1-2-11-18-16-10-6-9-15(12-16)17-13-14-7-4-3-5-8-14/h8,12-14,17H,2-4,6-7,10-11,15H2,1H3;3,7,10-12,14H,2,4-6,8-9,13H2,1H3;7,10-11,13,15H,3-6,8-9,12,14H2,1-2H3;7,11-13,16H,2,4-6,9-10,14H2,1H3;6,9-10,12,14H,2-5,7-8,11,13H2,1H3;6,9-10,12,14H,2-5,7-8,11,13H2,1H3;6,9-10,12,14H,2-5,7-8,11,13H2,1H3/b;7-3+;;;;;. The minimum absolute atomic E-state index is 0.194. The van der Waals surface area contributed by atoms with Gasteiger partial charge in [0, 0.05) is 70.9 Å². The lowest BCUT2D eigenvalue weighted by atomic mass is 9.90. The van der Waals surface area contributed by atoms with Gasteiger partial charge in [0.25, 0.3) is 0 Å². The first kappa shape index (κ1) is 109. The predicted octanol–water partition coefficient (Wildman–Crippen LogP) is 32.0. The number of unbranched alkanes of at least 4 members (excludes halogenated alkanes) is 1. The summed E-state index contributed by atoms with van der Waals surface area (Å²) >= 11 is 1.92. The van der Waals surface area contributed by atoms with Crippen molar-refractivity contribution in [1.82, 2.24) is 0 Å². The molecule has 0 aliphatic heterocycles. The van der Waals surface area contributed by atoms with Crippen LogP contribution in [0, 0.1) is 70.9 Å². The van der Waals surface area contributed by atoms with Crippen LogP contribution in [0.25, 0.3) is 6.08 Å². The van der Waals surface area contributed by atoms with E-state index in [1.165, 1.54) is 260 Å². The Balaban J connectivity index is 0.000000190. The number of rotatable bonds is 36. The van der Waals surface area contributed by atoms with Crippen LogP contribution in [0.5, 0.6) is 40.2 Å². The number of sulfone groups is 1. The van der Waals surface area contributed by atoms with Gasteiger partial charge in [-0.25, -0.2) is 12.8 Å². The van der Waals surface area contributed by atoms with Gasteiger partial charge in [0.2, 0.25) is 0 Å². The molecular formula is C117H168FNO10S3. The molecular weight excluding hydrogens is 1690 g/mol. The van der Waals surface area contributed by atoms with E-state index in [1.807, 2.05) is 104 Å². The maximum atomic E-state index is 13.5. The minimum atomic E-state index is -3.16. The van der Waals surface area contributed by atoms with Crippen molar-refractivity contribution in [1.29, 1.82) is 0 Å². The Bertz CT molecular complexity index is 4520. The van der Waals surface area contributed by atoms with Gasteiger partial charge >= 0.3 is 0 Å². The van der Waals surface area contributed by atoms with Crippen LogP contribution >= 0.6 is 11.8 Å². The Kier molecular flexibility index (Phi) is 55.9. The van der Waals surface area contributed by atoms with E-state index in [0.717, 1.165) is 158 Å². The molecule has 1 unspecified atom stereocenters. The predicted molar refractivity (Wildman–Crippen MR) is 556 cm³/mol. The number of benzene rings is 7. The van der Waals surface area contributed by atoms with Crippen molar-refractivity contribution in [2.24, 2.45) is 41.4 Å². The molecule has 1 atom stereocenters. The summed E-state index contributed by atoms with van der Waals surface area (Å²) in [6, 6.07) is 53.0. The van der Waals surface area contributed by atoms with E-state index < -0.39 is 20.6 Å². The fourth-order valence-corrected chi connectivity index (χ4v) is 21.4. The normalized spacial score (nSPS) is 16.7. The van der Waals surface area contributed by atoms with Gasteiger partial charge in [-0.1, -0.05) is 256 Å². The highest BCUT2D eigenvalue weighted by atomic mass is 32.2. The third-order valence-electron chi connectivity index (χ3n) is 25.8. The van der Waals surface area contributed by atoms with Crippen molar-refractivity contribution >= 4 is 44.2 Å². The smallest absolute Gasteiger partial charge is 0.178 e. The quantitative estimate of drug-likeness (QED) is 0.0275. The van der Waals surface area contributed by atoms with E-state index in [2.05, 4.69) is 138 Å². The molecule has 0 bridgehead atoms. The third kappa shape index (κ3) is 46.6. The summed E-state index contributed by atoms with van der Waals surface area (Å²) in [5.74, 6) is 25.7. The average Bonchev–Trinajstić information content (AvgIpc) is 0.832. The van der Waals surface area contributed by atoms with Crippen LogP contribution in [0.4, 0.5) is 10.1 Å². The SMILES string of the molecule is CC/C=C/c1cc(F)cc(OCC2CCCCC2)c1.CCC#Cc1cccc(OCC2CCCCC2)c1.CCCC#Cc1cccc(OCC2CCCCC2)c1.CCCN(C)c1cccc(OCC2CCCCC2)c1.CCCS(=O)(=O)c1cccc(OCC2CCCCC2)c1.CCCS(=O)c1cccc(OCC2CCCCC2)c1.CCCSc1cccc(OCC2CCCCC2)c1. The van der Waals surface area contributed by atoms with Gasteiger partial charge in [0.05, 0.1) is 67.7 Å². The van der Waals surface area contributed by atoms with Gasteiger partial charge in [-0.15, -0.1) is 11.8 Å². The highest BCUT2D eigenvalue weighted by Gasteiger charge is 2.22. The third-order valence-corrected chi connectivity index (χ3v) is 30.5. The zero-order valence-electron chi connectivity index (χ0n) is 82.6. The number of hydrogen-bond donors (Lipinski definition) is 0. The molecule has 0 aromatic heterocycles. The second-order valence-corrected chi connectivity index (χ2v) is 42.4. The van der Waals surface area contributed by atoms with E-state index in [4.69, 9.17) is 33.2 Å². The van der Waals surface area contributed by atoms with Gasteiger partial charge in [0.1, 0.15) is 46.1 Å². The molecule has 726 valence electrons. The summed E-state index contributed by atoms with van der Waals surface area (Å²) in [4.78, 5) is 4.88. The lowest BCUT2D eigenvalue weighted by molar-refractivity contribution is 0.208.